The summed E-state index contributed by atoms with van der Waals surface area (Å²) in [5.74, 6) is -0.346. The Bertz CT molecular complexity index is 1010. The van der Waals surface area contributed by atoms with E-state index in [-0.39, 0.29) is 36.9 Å². The number of nitrogens with one attached hydrogen (secondary N) is 2. The van der Waals surface area contributed by atoms with Crippen LogP contribution < -0.4 is 16.2 Å². The van der Waals surface area contributed by atoms with E-state index in [4.69, 9.17) is 0 Å². The van der Waals surface area contributed by atoms with Gasteiger partial charge in [0.05, 0.1) is 11.7 Å². The third-order valence-corrected chi connectivity index (χ3v) is 7.57. The average Bonchev–Trinajstić information content (AvgIpc) is 3.38. The van der Waals surface area contributed by atoms with Crippen LogP contribution in [0.2, 0.25) is 0 Å². The largest absolute Gasteiger partial charge is 0.354 e. The van der Waals surface area contributed by atoms with Crippen LogP contribution in [0.3, 0.4) is 0 Å². The third-order valence-electron chi connectivity index (χ3n) is 6.37. The Morgan fingerprint density at radius 2 is 2.03 bits per heavy atom. The molecule has 3 heterocycles. The number of thiophene rings is 1. The number of hydrogen-bond donors (Lipinski definition) is 2. The monoisotopic (exact) mass is 445 g/mol. The van der Waals surface area contributed by atoms with E-state index in [2.05, 4.69) is 27.4 Å². The van der Waals surface area contributed by atoms with E-state index in [1.807, 2.05) is 0 Å². The van der Waals surface area contributed by atoms with Crippen LogP contribution in [-0.4, -0.2) is 58.5 Å². The zero-order chi connectivity index (χ0) is 21.8. The number of likely N-dealkylation sites (tertiary alicyclic amines) is 1. The van der Waals surface area contributed by atoms with Crippen molar-refractivity contribution >= 4 is 33.4 Å². The highest BCUT2D eigenvalue weighted by atomic mass is 32.1. The van der Waals surface area contributed by atoms with Crippen LogP contribution in [0.1, 0.15) is 49.5 Å². The van der Waals surface area contributed by atoms with Gasteiger partial charge in [-0.25, -0.2) is 4.98 Å². The maximum atomic E-state index is 12.9. The highest BCUT2D eigenvalue weighted by Gasteiger charge is 2.23. The van der Waals surface area contributed by atoms with E-state index in [1.54, 1.807) is 11.3 Å². The lowest BCUT2D eigenvalue weighted by molar-refractivity contribution is -0.122. The van der Waals surface area contributed by atoms with Gasteiger partial charge >= 0.3 is 0 Å². The van der Waals surface area contributed by atoms with E-state index in [1.165, 1.54) is 22.2 Å². The predicted octanol–water partition coefficient (Wildman–Crippen LogP) is 1.44. The lowest BCUT2D eigenvalue weighted by atomic mass is 9.97. The normalized spacial score (nSPS) is 18.8. The van der Waals surface area contributed by atoms with Crippen molar-refractivity contribution in [3.63, 3.8) is 0 Å². The Kier molecular flexibility index (Phi) is 7.02. The van der Waals surface area contributed by atoms with Crippen LogP contribution in [0.5, 0.6) is 0 Å². The van der Waals surface area contributed by atoms with Crippen LogP contribution in [0.25, 0.3) is 10.2 Å². The van der Waals surface area contributed by atoms with E-state index in [9.17, 15) is 14.4 Å². The maximum absolute atomic E-state index is 12.9. The number of amides is 2. The van der Waals surface area contributed by atoms with Gasteiger partial charge in [-0.1, -0.05) is 6.92 Å². The topological polar surface area (TPSA) is 96.3 Å². The Balaban J connectivity index is 1.26. The molecule has 1 atom stereocenters. The van der Waals surface area contributed by atoms with Gasteiger partial charge in [0.1, 0.15) is 11.4 Å². The molecule has 1 fully saturated rings. The summed E-state index contributed by atoms with van der Waals surface area (Å²) in [6.07, 6.45) is 8.15. The molecule has 0 radical (unpaired) electrons. The summed E-state index contributed by atoms with van der Waals surface area (Å²) < 4.78 is 1.37. The number of aromatic nitrogens is 2. The van der Waals surface area contributed by atoms with Crippen molar-refractivity contribution in [1.82, 2.24) is 25.1 Å². The molecule has 8 nitrogen and oxygen atoms in total. The van der Waals surface area contributed by atoms with Crippen LogP contribution >= 0.6 is 11.3 Å². The quantitative estimate of drug-likeness (QED) is 0.641. The van der Waals surface area contributed by atoms with Crippen molar-refractivity contribution < 1.29 is 9.59 Å². The Morgan fingerprint density at radius 1 is 1.19 bits per heavy atom. The molecule has 2 aromatic heterocycles. The Labute approximate surface area is 186 Å². The number of fused-ring (bicyclic) bond motifs is 3. The summed E-state index contributed by atoms with van der Waals surface area (Å²) >= 11 is 1.60. The van der Waals surface area contributed by atoms with Crippen molar-refractivity contribution in [3.05, 3.63) is 27.1 Å². The minimum atomic E-state index is -0.284. The molecule has 2 aliphatic rings. The molecule has 1 aliphatic carbocycles. The lowest BCUT2D eigenvalue weighted by Gasteiger charge is -2.22. The summed E-state index contributed by atoms with van der Waals surface area (Å²) in [7, 11) is 0. The van der Waals surface area contributed by atoms with E-state index < -0.39 is 0 Å². The van der Waals surface area contributed by atoms with Crippen molar-refractivity contribution in [2.45, 2.75) is 64.5 Å². The minimum Gasteiger partial charge on any atom is -0.354 e. The molecular weight excluding hydrogens is 414 g/mol. The molecule has 0 bridgehead atoms. The summed E-state index contributed by atoms with van der Waals surface area (Å²) in [5, 5.41) is 6.40. The summed E-state index contributed by atoms with van der Waals surface area (Å²) in [6.45, 7) is 5.08. The van der Waals surface area contributed by atoms with Gasteiger partial charge in [0, 0.05) is 30.4 Å². The molecule has 0 saturated carbocycles. The first kappa shape index (κ1) is 22.0. The molecule has 4 rings (SSSR count). The van der Waals surface area contributed by atoms with E-state index in [0.29, 0.717) is 18.0 Å². The fraction of sp³-hybridized carbons (Fsp3) is 0.636. The predicted molar refractivity (Wildman–Crippen MR) is 121 cm³/mol. The summed E-state index contributed by atoms with van der Waals surface area (Å²) in [5.41, 5.74) is 0.980. The van der Waals surface area contributed by atoms with Crippen molar-refractivity contribution in [3.8, 4) is 0 Å². The molecule has 2 amide bonds. The number of nitrogens with zero attached hydrogens (tertiary/aromatic N) is 3. The zero-order valence-corrected chi connectivity index (χ0v) is 18.9. The molecule has 0 aromatic carbocycles. The van der Waals surface area contributed by atoms with Crippen LogP contribution in [0.4, 0.5) is 0 Å². The second-order valence-electron chi connectivity index (χ2n) is 8.40. The first-order valence-corrected chi connectivity index (χ1v) is 12.2. The Hall–Kier alpha value is -2.26. The Morgan fingerprint density at radius 3 is 2.87 bits per heavy atom. The summed E-state index contributed by atoms with van der Waals surface area (Å²) in [6, 6.07) is 0.417. The van der Waals surface area contributed by atoms with E-state index >= 15 is 0 Å². The molecule has 9 heteroatoms. The molecule has 1 aliphatic heterocycles. The molecule has 0 unspecified atom stereocenters. The van der Waals surface area contributed by atoms with Gasteiger partial charge in [-0.15, -0.1) is 11.3 Å². The number of carbonyl (C=O) groups excluding carboxylic acids is 2. The fourth-order valence-corrected chi connectivity index (χ4v) is 5.90. The molecule has 1 saturated heterocycles. The standard InChI is InChI=1S/C22H31N5O3S/c1-2-26-11-5-6-15(26)12-24-18(28)9-10-23-19(29)13-27-14-25-21-20(22(27)30)16-7-3-4-8-17(16)31-21/h14-15H,2-13H2,1H3,(H,23,29)(H,24,28)/t15-/m0/s1. The highest BCUT2D eigenvalue weighted by Crippen LogP contribution is 2.33. The van der Waals surface area contributed by atoms with Gasteiger partial charge in [-0.05, 0) is 57.2 Å². The fourth-order valence-electron chi connectivity index (χ4n) is 4.68. The van der Waals surface area contributed by atoms with Gasteiger partial charge in [-0.3, -0.25) is 23.9 Å². The van der Waals surface area contributed by atoms with Crippen molar-refractivity contribution in [1.29, 1.82) is 0 Å². The number of carbonyl (C=O) groups is 2. The molecule has 168 valence electrons. The number of hydrogen-bond acceptors (Lipinski definition) is 6. The average molecular weight is 446 g/mol. The van der Waals surface area contributed by atoms with Gasteiger partial charge < -0.3 is 10.6 Å². The smallest absolute Gasteiger partial charge is 0.262 e. The van der Waals surface area contributed by atoms with Gasteiger partial charge in [0.25, 0.3) is 5.56 Å². The number of aryl methyl sites for hydroxylation is 2. The van der Waals surface area contributed by atoms with Crippen LogP contribution in [-0.2, 0) is 29.0 Å². The van der Waals surface area contributed by atoms with Crippen LogP contribution in [0.15, 0.2) is 11.1 Å². The van der Waals surface area contributed by atoms with Crippen molar-refractivity contribution in [2.75, 3.05) is 26.2 Å². The van der Waals surface area contributed by atoms with Gasteiger partial charge in [-0.2, -0.15) is 0 Å². The molecular formula is C22H31N5O3S. The lowest BCUT2D eigenvalue weighted by Crippen LogP contribution is -2.41. The first-order valence-electron chi connectivity index (χ1n) is 11.3. The van der Waals surface area contributed by atoms with Gasteiger partial charge in [0.15, 0.2) is 0 Å². The summed E-state index contributed by atoms with van der Waals surface area (Å²) in [4.78, 5) is 46.2. The maximum Gasteiger partial charge on any atom is 0.262 e. The highest BCUT2D eigenvalue weighted by molar-refractivity contribution is 7.18. The molecule has 2 aromatic rings. The van der Waals surface area contributed by atoms with Crippen molar-refractivity contribution in [2.24, 2.45) is 0 Å². The number of rotatable bonds is 8. The SMILES string of the molecule is CCN1CCC[C@H]1CNC(=O)CCNC(=O)Cn1cnc2sc3c(c2c1=O)CCCC3. The first-order chi connectivity index (χ1) is 15.1. The minimum absolute atomic E-state index is 0.0617. The molecule has 31 heavy (non-hydrogen) atoms. The number of likely N-dealkylation sites (N-methyl/N-ethyl adjacent to an activating group) is 1. The zero-order valence-electron chi connectivity index (χ0n) is 18.1. The second kappa shape index (κ2) is 9.91. The van der Waals surface area contributed by atoms with E-state index in [0.717, 1.165) is 55.6 Å². The van der Waals surface area contributed by atoms with Crippen LogP contribution in [0, 0.1) is 0 Å². The second-order valence-corrected chi connectivity index (χ2v) is 9.48. The van der Waals surface area contributed by atoms with Gasteiger partial charge in [0.2, 0.25) is 11.8 Å². The molecule has 2 N–H and O–H groups in total. The third kappa shape index (κ3) is 4.98. The molecule has 0 spiro atoms.